The van der Waals surface area contributed by atoms with E-state index in [2.05, 4.69) is 25.6 Å². The van der Waals surface area contributed by atoms with Crippen LogP contribution in [0.4, 0.5) is 17.3 Å². The molecule has 0 aliphatic heterocycles. The van der Waals surface area contributed by atoms with Gasteiger partial charge in [0.25, 0.3) is 0 Å². The van der Waals surface area contributed by atoms with Crippen LogP contribution in [0.2, 0.25) is 0 Å². The van der Waals surface area contributed by atoms with Gasteiger partial charge in [-0.2, -0.15) is 0 Å². The fourth-order valence-electron chi connectivity index (χ4n) is 1.95. The van der Waals surface area contributed by atoms with Crippen LogP contribution in [0.3, 0.4) is 0 Å². The summed E-state index contributed by atoms with van der Waals surface area (Å²) in [6.45, 7) is 1.10. The van der Waals surface area contributed by atoms with Gasteiger partial charge in [0, 0.05) is 18.9 Å². The first-order valence-electron chi connectivity index (χ1n) is 6.82. The Balaban J connectivity index is 1.66. The van der Waals surface area contributed by atoms with Crippen molar-refractivity contribution in [3.8, 4) is 0 Å². The molecule has 0 fully saturated rings. The van der Waals surface area contributed by atoms with E-state index in [4.69, 9.17) is 10.2 Å². The summed E-state index contributed by atoms with van der Waals surface area (Å²) in [5.41, 5.74) is 7.61. The molecule has 3 aromatic rings. The van der Waals surface area contributed by atoms with Gasteiger partial charge in [0.15, 0.2) is 11.6 Å². The third-order valence-electron chi connectivity index (χ3n) is 3.08. The molecule has 3 heterocycles. The van der Waals surface area contributed by atoms with Crippen molar-refractivity contribution in [3.63, 3.8) is 0 Å². The molecule has 0 amide bonds. The fraction of sp³-hybridized carbons (Fsp3) is 0.133. The molecule has 7 nitrogen and oxygen atoms in total. The highest BCUT2D eigenvalue weighted by atomic mass is 16.3. The number of pyridine rings is 1. The van der Waals surface area contributed by atoms with Crippen LogP contribution >= 0.6 is 0 Å². The molecule has 7 heteroatoms. The van der Waals surface area contributed by atoms with E-state index in [-0.39, 0.29) is 0 Å². The van der Waals surface area contributed by atoms with Crippen LogP contribution < -0.4 is 16.4 Å². The molecule has 0 atom stereocenters. The lowest BCUT2D eigenvalue weighted by Crippen LogP contribution is -2.09. The van der Waals surface area contributed by atoms with Gasteiger partial charge < -0.3 is 20.8 Å². The Morgan fingerprint density at radius 1 is 1.05 bits per heavy atom. The van der Waals surface area contributed by atoms with Crippen LogP contribution in [0.25, 0.3) is 0 Å². The van der Waals surface area contributed by atoms with E-state index in [1.807, 2.05) is 24.3 Å². The second-order valence-corrected chi connectivity index (χ2v) is 4.63. The number of rotatable bonds is 6. The number of nitrogens with zero attached hydrogens (tertiary/aromatic N) is 3. The standard InChI is InChI=1S/C15H16N6O/c16-13-14(18-8-11-3-1-5-17-7-11)20-10-21-15(13)19-9-12-4-2-6-22-12/h1-7,10H,8-9,16H2,(H2,18,19,20,21). The number of nitrogen functional groups attached to an aromatic ring is 1. The van der Waals surface area contributed by atoms with E-state index in [1.165, 1.54) is 6.33 Å². The lowest BCUT2D eigenvalue weighted by Gasteiger charge is -2.11. The Morgan fingerprint density at radius 2 is 1.86 bits per heavy atom. The average molecular weight is 296 g/mol. The van der Waals surface area contributed by atoms with Crippen molar-refractivity contribution in [2.24, 2.45) is 0 Å². The maximum absolute atomic E-state index is 6.09. The zero-order valence-electron chi connectivity index (χ0n) is 11.9. The maximum atomic E-state index is 6.09. The zero-order valence-corrected chi connectivity index (χ0v) is 11.9. The Kier molecular flexibility index (Phi) is 4.15. The van der Waals surface area contributed by atoms with Gasteiger partial charge >= 0.3 is 0 Å². The van der Waals surface area contributed by atoms with Gasteiger partial charge in [-0.15, -0.1) is 0 Å². The normalized spacial score (nSPS) is 10.4. The van der Waals surface area contributed by atoms with Crippen molar-refractivity contribution in [2.75, 3.05) is 16.4 Å². The molecule has 22 heavy (non-hydrogen) atoms. The van der Waals surface area contributed by atoms with Crippen molar-refractivity contribution in [2.45, 2.75) is 13.1 Å². The van der Waals surface area contributed by atoms with Crippen LogP contribution in [-0.4, -0.2) is 15.0 Å². The quantitative estimate of drug-likeness (QED) is 0.641. The van der Waals surface area contributed by atoms with E-state index in [9.17, 15) is 0 Å². The number of anilines is 3. The van der Waals surface area contributed by atoms with Gasteiger partial charge in [0.2, 0.25) is 0 Å². The molecule has 3 aromatic heterocycles. The summed E-state index contributed by atoms with van der Waals surface area (Å²) in [5.74, 6) is 1.96. The van der Waals surface area contributed by atoms with Gasteiger partial charge in [0.1, 0.15) is 17.8 Å². The van der Waals surface area contributed by atoms with E-state index in [0.717, 1.165) is 11.3 Å². The second-order valence-electron chi connectivity index (χ2n) is 4.63. The first-order chi connectivity index (χ1) is 10.8. The summed E-state index contributed by atoms with van der Waals surface area (Å²) in [4.78, 5) is 12.4. The highest BCUT2D eigenvalue weighted by Crippen LogP contribution is 2.23. The van der Waals surface area contributed by atoms with Crippen LogP contribution in [0.1, 0.15) is 11.3 Å². The molecule has 0 aliphatic carbocycles. The van der Waals surface area contributed by atoms with Crippen molar-refractivity contribution >= 4 is 17.3 Å². The molecular weight excluding hydrogens is 280 g/mol. The molecule has 0 aromatic carbocycles. The Bertz CT molecular complexity index is 714. The summed E-state index contributed by atoms with van der Waals surface area (Å²) in [7, 11) is 0. The van der Waals surface area contributed by atoms with Gasteiger partial charge in [-0.05, 0) is 23.8 Å². The topological polar surface area (TPSA) is 102 Å². The summed E-state index contributed by atoms with van der Waals surface area (Å²) in [6.07, 6.45) is 6.62. The fourth-order valence-corrected chi connectivity index (χ4v) is 1.95. The molecular formula is C15H16N6O. The number of nitrogens with two attached hydrogens (primary N) is 1. The summed E-state index contributed by atoms with van der Waals surface area (Å²) in [6, 6.07) is 7.58. The van der Waals surface area contributed by atoms with E-state index < -0.39 is 0 Å². The highest BCUT2D eigenvalue weighted by Gasteiger charge is 2.08. The molecule has 112 valence electrons. The average Bonchev–Trinajstić information content (AvgIpc) is 3.07. The summed E-state index contributed by atoms with van der Waals surface area (Å²) in [5, 5.41) is 6.31. The number of furan rings is 1. The van der Waals surface area contributed by atoms with Crippen molar-refractivity contribution < 1.29 is 4.42 Å². The predicted octanol–water partition coefficient (Wildman–Crippen LogP) is 2.27. The lowest BCUT2D eigenvalue weighted by atomic mass is 10.3. The monoisotopic (exact) mass is 296 g/mol. The molecule has 0 unspecified atom stereocenters. The number of aromatic nitrogens is 3. The SMILES string of the molecule is Nc1c(NCc2cccnc2)ncnc1NCc1ccco1. The zero-order chi connectivity index (χ0) is 15.2. The number of nitrogens with one attached hydrogen (secondary N) is 2. The predicted molar refractivity (Wildman–Crippen MR) is 84.0 cm³/mol. The second kappa shape index (κ2) is 6.57. The van der Waals surface area contributed by atoms with Crippen molar-refractivity contribution in [1.29, 1.82) is 0 Å². The van der Waals surface area contributed by atoms with Gasteiger partial charge in [-0.1, -0.05) is 6.07 Å². The largest absolute Gasteiger partial charge is 0.467 e. The highest BCUT2D eigenvalue weighted by molar-refractivity contribution is 5.73. The smallest absolute Gasteiger partial charge is 0.155 e. The van der Waals surface area contributed by atoms with Crippen LogP contribution in [0.15, 0.2) is 53.7 Å². The lowest BCUT2D eigenvalue weighted by molar-refractivity contribution is 0.518. The van der Waals surface area contributed by atoms with E-state index in [0.29, 0.717) is 30.4 Å². The maximum Gasteiger partial charge on any atom is 0.155 e. The van der Waals surface area contributed by atoms with E-state index >= 15 is 0 Å². The van der Waals surface area contributed by atoms with Gasteiger partial charge in [-0.25, -0.2) is 9.97 Å². The summed E-state index contributed by atoms with van der Waals surface area (Å²) >= 11 is 0. The molecule has 0 bridgehead atoms. The third-order valence-corrected chi connectivity index (χ3v) is 3.08. The first kappa shape index (κ1) is 13.9. The van der Waals surface area contributed by atoms with Gasteiger partial charge in [0.05, 0.1) is 12.8 Å². The van der Waals surface area contributed by atoms with Gasteiger partial charge in [-0.3, -0.25) is 4.98 Å². The molecule has 0 radical (unpaired) electrons. The minimum atomic E-state index is 0.470. The molecule has 3 rings (SSSR count). The minimum absolute atomic E-state index is 0.470. The van der Waals surface area contributed by atoms with Crippen LogP contribution in [0, 0.1) is 0 Å². The van der Waals surface area contributed by atoms with Crippen LogP contribution in [0.5, 0.6) is 0 Å². The Labute approximate surface area is 127 Å². The Hall–Kier alpha value is -3.09. The Morgan fingerprint density at radius 3 is 2.55 bits per heavy atom. The molecule has 0 spiro atoms. The summed E-state index contributed by atoms with van der Waals surface area (Å²) < 4.78 is 5.26. The number of hydrogen-bond donors (Lipinski definition) is 3. The molecule has 0 saturated heterocycles. The molecule has 4 N–H and O–H groups in total. The third kappa shape index (κ3) is 3.32. The van der Waals surface area contributed by atoms with Crippen molar-refractivity contribution in [3.05, 3.63) is 60.6 Å². The molecule has 0 aliphatic rings. The van der Waals surface area contributed by atoms with Crippen molar-refractivity contribution in [1.82, 2.24) is 15.0 Å². The first-order valence-corrected chi connectivity index (χ1v) is 6.82. The minimum Gasteiger partial charge on any atom is -0.467 e. The van der Waals surface area contributed by atoms with E-state index in [1.54, 1.807) is 18.7 Å². The number of hydrogen-bond acceptors (Lipinski definition) is 7. The van der Waals surface area contributed by atoms with Crippen LogP contribution in [-0.2, 0) is 13.1 Å². The molecule has 0 saturated carbocycles.